The van der Waals surface area contributed by atoms with Gasteiger partial charge in [-0.1, -0.05) is 60.7 Å². The summed E-state index contributed by atoms with van der Waals surface area (Å²) in [6.45, 7) is 1.78. The van der Waals surface area contributed by atoms with Crippen LogP contribution in [-0.2, 0) is 9.59 Å². The second-order valence-corrected chi connectivity index (χ2v) is 4.91. The highest BCUT2D eigenvalue weighted by atomic mass is 16.4. The third-order valence-corrected chi connectivity index (χ3v) is 3.04. The average Bonchev–Trinajstić information content (AvgIpc) is 2.61. The van der Waals surface area contributed by atoms with Gasteiger partial charge in [0.05, 0.1) is 5.57 Å². The Morgan fingerprint density at radius 1 is 0.840 bits per heavy atom. The molecule has 5 heteroatoms. The van der Waals surface area contributed by atoms with E-state index < -0.39 is 11.9 Å². The predicted octanol–water partition coefficient (Wildman–Crippen LogP) is 3.85. The van der Waals surface area contributed by atoms with Crippen LogP contribution in [0.3, 0.4) is 0 Å². The number of carbonyl (C=O) groups is 2. The number of rotatable bonds is 4. The van der Waals surface area contributed by atoms with Gasteiger partial charge in [-0.05, 0) is 23.6 Å². The summed E-state index contributed by atoms with van der Waals surface area (Å²) in [4.78, 5) is 20.6. The summed E-state index contributed by atoms with van der Waals surface area (Å²) in [5.74, 6) is -2.02. The van der Waals surface area contributed by atoms with Crippen molar-refractivity contribution in [3.8, 4) is 6.07 Å². The molecule has 25 heavy (non-hydrogen) atoms. The van der Waals surface area contributed by atoms with Gasteiger partial charge in [-0.3, -0.25) is 0 Å². The monoisotopic (exact) mass is 335 g/mol. The molecule has 0 saturated heterocycles. The topological polar surface area (TPSA) is 98.4 Å². The van der Waals surface area contributed by atoms with Gasteiger partial charge in [0.25, 0.3) is 0 Å². The van der Waals surface area contributed by atoms with Gasteiger partial charge < -0.3 is 10.2 Å². The largest absolute Gasteiger partial charge is 0.478 e. The van der Waals surface area contributed by atoms with Gasteiger partial charge in [0.2, 0.25) is 0 Å². The minimum atomic E-state index is -1.11. The zero-order valence-electron chi connectivity index (χ0n) is 13.6. The van der Waals surface area contributed by atoms with E-state index in [1.807, 2.05) is 36.4 Å². The van der Waals surface area contributed by atoms with Gasteiger partial charge in [0, 0.05) is 12.2 Å². The molecule has 2 N–H and O–H groups in total. The molecule has 0 aliphatic carbocycles. The van der Waals surface area contributed by atoms with Crippen molar-refractivity contribution in [2.24, 2.45) is 0 Å². The zero-order chi connectivity index (χ0) is 18.7. The van der Waals surface area contributed by atoms with Crippen molar-refractivity contribution >= 4 is 23.1 Å². The van der Waals surface area contributed by atoms with Crippen molar-refractivity contribution < 1.29 is 19.8 Å². The summed E-state index contributed by atoms with van der Waals surface area (Å²) in [6, 6.07) is 20.0. The number of aliphatic carboxylic acids is 2. The van der Waals surface area contributed by atoms with Gasteiger partial charge in [-0.15, -0.1) is 0 Å². The highest BCUT2D eigenvalue weighted by molar-refractivity contribution is 5.94. The molecule has 0 atom stereocenters. The lowest BCUT2D eigenvalue weighted by atomic mass is 10.1. The van der Waals surface area contributed by atoms with E-state index in [1.54, 1.807) is 37.3 Å². The van der Waals surface area contributed by atoms with Gasteiger partial charge in [0.1, 0.15) is 6.07 Å². The summed E-state index contributed by atoms with van der Waals surface area (Å²) in [7, 11) is 0. The Hall–Kier alpha value is -3.65. The fourth-order valence-corrected chi connectivity index (χ4v) is 1.89. The van der Waals surface area contributed by atoms with Crippen molar-refractivity contribution in [2.45, 2.75) is 6.92 Å². The molecule has 0 spiro atoms. The average molecular weight is 335 g/mol. The van der Waals surface area contributed by atoms with Gasteiger partial charge >= 0.3 is 11.9 Å². The van der Waals surface area contributed by atoms with Crippen molar-refractivity contribution in [2.75, 3.05) is 0 Å². The van der Waals surface area contributed by atoms with E-state index in [0.717, 1.165) is 17.2 Å². The van der Waals surface area contributed by atoms with Crippen LogP contribution in [0.1, 0.15) is 18.1 Å². The second-order valence-electron chi connectivity index (χ2n) is 4.91. The smallest absolute Gasteiger partial charge is 0.329 e. The minimum Gasteiger partial charge on any atom is -0.478 e. The molecule has 0 aliphatic heterocycles. The van der Waals surface area contributed by atoms with Crippen LogP contribution in [0.4, 0.5) is 0 Å². The first kappa shape index (κ1) is 19.4. The number of nitriles is 1. The summed E-state index contributed by atoms with van der Waals surface area (Å²) >= 11 is 0. The third-order valence-electron chi connectivity index (χ3n) is 3.04. The number of carboxylic acids is 2. The van der Waals surface area contributed by atoms with Gasteiger partial charge in [0.15, 0.2) is 0 Å². The van der Waals surface area contributed by atoms with Crippen LogP contribution in [0.25, 0.3) is 11.1 Å². The van der Waals surface area contributed by atoms with Crippen molar-refractivity contribution in [1.29, 1.82) is 5.26 Å². The van der Waals surface area contributed by atoms with E-state index in [-0.39, 0.29) is 5.57 Å². The Morgan fingerprint density at radius 2 is 1.28 bits per heavy atom. The normalized spacial score (nSPS) is 10.9. The maximum Gasteiger partial charge on any atom is 0.329 e. The van der Waals surface area contributed by atoms with E-state index >= 15 is 0 Å². The Morgan fingerprint density at radius 3 is 1.68 bits per heavy atom. The lowest BCUT2D eigenvalue weighted by Crippen LogP contribution is -1.90. The molecule has 0 fully saturated rings. The van der Waals surface area contributed by atoms with Crippen LogP contribution >= 0.6 is 0 Å². The minimum absolute atomic E-state index is 0.160. The van der Waals surface area contributed by atoms with Crippen LogP contribution in [0.2, 0.25) is 0 Å². The fourth-order valence-electron chi connectivity index (χ4n) is 1.89. The Balaban J connectivity index is 0.000000251. The highest BCUT2D eigenvalue weighted by Gasteiger charge is 2.01. The van der Waals surface area contributed by atoms with Crippen LogP contribution in [0.15, 0.2) is 72.8 Å². The standard InChI is InChI=1S/C10H7NO2.C10H10O2/c11-7-9(6-10(12)13)8-4-2-1-3-5-8;1-8(7-10(11)12)9-5-3-2-4-6-9/h1-6H,(H,12,13);2-7H,1H3,(H,11,12). The molecular weight excluding hydrogens is 318 g/mol. The molecule has 0 aromatic heterocycles. The van der Waals surface area contributed by atoms with E-state index in [2.05, 4.69) is 0 Å². The maximum absolute atomic E-state index is 10.3. The fraction of sp³-hybridized carbons (Fsp3) is 0.0500. The van der Waals surface area contributed by atoms with Crippen LogP contribution < -0.4 is 0 Å². The second kappa shape index (κ2) is 10.2. The van der Waals surface area contributed by atoms with Crippen LogP contribution in [-0.4, -0.2) is 22.2 Å². The van der Waals surface area contributed by atoms with E-state index in [9.17, 15) is 9.59 Å². The number of carboxylic acid groups (broad SMARTS) is 2. The lowest BCUT2D eigenvalue weighted by Gasteiger charge is -1.97. The Labute approximate surface area is 145 Å². The van der Waals surface area contributed by atoms with Gasteiger partial charge in [-0.2, -0.15) is 5.26 Å². The molecule has 2 rings (SSSR count). The van der Waals surface area contributed by atoms with Crippen LogP contribution in [0.5, 0.6) is 0 Å². The van der Waals surface area contributed by atoms with Crippen molar-refractivity contribution in [3.63, 3.8) is 0 Å². The number of hydrogen-bond donors (Lipinski definition) is 2. The molecule has 5 nitrogen and oxygen atoms in total. The van der Waals surface area contributed by atoms with E-state index in [4.69, 9.17) is 15.5 Å². The van der Waals surface area contributed by atoms with Gasteiger partial charge in [-0.25, -0.2) is 9.59 Å². The molecule has 2 aromatic rings. The number of nitrogens with zero attached hydrogens (tertiary/aromatic N) is 1. The molecule has 0 bridgehead atoms. The quantitative estimate of drug-likeness (QED) is 0.653. The molecule has 0 saturated carbocycles. The van der Waals surface area contributed by atoms with Crippen molar-refractivity contribution in [3.05, 3.63) is 83.9 Å². The first-order valence-corrected chi connectivity index (χ1v) is 7.31. The third kappa shape index (κ3) is 7.44. The molecule has 126 valence electrons. The van der Waals surface area contributed by atoms with E-state index in [0.29, 0.717) is 5.56 Å². The number of allylic oxidation sites excluding steroid dienone is 2. The Bertz CT molecular complexity index is 816. The molecule has 0 amide bonds. The molecule has 0 radical (unpaired) electrons. The zero-order valence-corrected chi connectivity index (χ0v) is 13.6. The Kier molecular flexibility index (Phi) is 7.90. The molecular formula is C20H17NO4. The number of benzene rings is 2. The predicted molar refractivity (Wildman–Crippen MR) is 95.4 cm³/mol. The van der Waals surface area contributed by atoms with Crippen molar-refractivity contribution in [1.82, 2.24) is 0 Å². The summed E-state index contributed by atoms with van der Waals surface area (Å²) in [6.07, 6.45) is 2.10. The first-order valence-electron chi connectivity index (χ1n) is 7.31. The van der Waals surface area contributed by atoms with E-state index in [1.165, 1.54) is 6.08 Å². The van der Waals surface area contributed by atoms with Crippen LogP contribution in [0, 0.1) is 11.3 Å². The summed E-state index contributed by atoms with van der Waals surface area (Å²) in [5, 5.41) is 25.6. The highest BCUT2D eigenvalue weighted by Crippen LogP contribution is 2.12. The maximum atomic E-state index is 10.3. The first-order chi connectivity index (χ1) is 11.9. The molecule has 0 heterocycles. The number of hydrogen-bond acceptors (Lipinski definition) is 3. The lowest BCUT2D eigenvalue weighted by molar-refractivity contribution is -0.132. The molecule has 2 aromatic carbocycles. The summed E-state index contributed by atoms with van der Waals surface area (Å²) in [5.41, 5.74) is 2.49. The SMILES string of the molecule is CC(=CC(=O)O)c1ccccc1.N#CC(=CC(=O)O)c1ccccc1. The molecule has 0 unspecified atom stereocenters. The molecule has 0 aliphatic rings. The summed E-state index contributed by atoms with van der Waals surface area (Å²) < 4.78 is 0.